The van der Waals surface area contributed by atoms with Crippen molar-refractivity contribution in [3.8, 4) is 11.4 Å². The third kappa shape index (κ3) is 2.09. The molecule has 0 aliphatic rings. The van der Waals surface area contributed by atoms with Crippen molar-refractivity contribution in [2.45, 2.75) is 6.92 Å². The fourth-order valence-electron chi connectivity index (χ4n) is 1.57. The van der Waals surface area contributed by atoms with Gasteiger partial charge in [-0.2, -0.15) is 0 Å². The molecule has 4 nitrogen and oxygen atoms in total. The lowest BCUT2D eigenvalue weighted by Crippen LogP contribution is -2.03. The van der Waals surface area contributed by atoms with Gasteiger partial charge in [-0.15, -0.1) is 0 Å². The van der Waals surface area contributed by atoms with Gasteiger partial charge < -0.3 is 9.72 Å². The highest BCUT2D eigenvalue weighted by atomic mass is 35.5. The largest absolute Gasteiger partial charge is 0.464 e. The highest BCUT2D eigenvalue weighted by Crippen LogP contribution is 2.26. The number of carbonyl (C=O) groups is 1. The fraction of sp³-hybridized carbons (Fsp3) is 0.167. The van der Waals surface area contributed by atoms with Gasteiger partial charge in [-0.25, -0.2) is 14.2 Å². The zero-order valence-electron chi connectivity index (χ0n) is 9.75. The number of imidazole rings is 1. The van der Waals surface area contributed by atoms with E-state index in [4.69, 9.17) is 11.6 Å². The fourth-order valence-corrected chi connectivity index (χ4v) is 1.74. The van der Waals surface area contributed by atoms with Gasteiger partial charge in [-0.1, -0.05) is 17.7 Å². The summed E-state index contributed by atoms with van der Waals surface area (Å²) in [6.45, 7) is 1.66. The second kappa shape index (κ2) is 4.78. The lowest BCUT2D eigenvalue weighted by Gasteiger charge is -2.00. The van der Waals surface area contributed by atoms with Gasteiger partial charge in [-0.05, 0) is 19.1 Å². The van der Waals surface area contributed by atoms with Crippen molar-refractivity contribution >= 4 is 17.6 Å². The van der Waals surface area contributed by atoms with Gasteiger partial charge >= 0.3 is 5.97 Å². The first-order valence-corrected chi connectivity index (χ1v) is 5.51. The maximum Gasteiger partial charge on any atom is 0.358 e. The number of ether oxygens (including phenoxy) is 1. The van der Waals surface area contributed by atoms with Crippen molar-refractivity contribution in [1.29, 1.82) is 0 Å². The molecule has 0 saturated heterocycles. The summed E-state index contributed by atoms with van der Waals surface area (Å²) in [6, 6.07) is 4.58. The van der Waals surface area contributed by atoms with Gasteiger partial charge in [0.05, 0.1) is 17.7 Å². The Morgan fingerprint density at radius 1 is 1.50 bits per heavy atom. The minimum atomic E-state index is -0.579. The molecule has 0 aliphatic heterocycles. The molecule has 2 aromatic rings. The highest BCUT2D eigenvalue weighted by molar-refractivity contribution is 6.31. The highest BCUT2D eigenvalue weighted by Gasteiger charge is 2.18. The third-order valence-electron chi connectivity index (χ3n) is 2.47. The number of aromatic amines is 1. The van der Waals surface area contributed by atoms with Crippen LogP contribution >= 0.6 is 11.6 Å². The molecule has 1 aromatic carbocycles. The number of hydrogen-bond acceptors (Lipinski definition) is 3. The van der Waals surface area contributed by atoms with E-state index in [0.717, 1.165) is 0 Å². The van der Waals surface area contributed by atoms with Crippen molar-refractivity contribution in [1.82, 2.24) is 9.97 Å². The molecular formula is C12H10ClFN2O2. The minimum Gasteiger partial charge on any atom is -0.464 e. The molecule has 0 spiro atoms. The summed E-state index contributed by atoms with van der Waals surface area (Å²) in [4.78, 5) is 18.3. The summed E-state index contributed by atoms with van der Waals surface area (Å²) in [6.07, 6.45) is 0. The number of aromatic nitrogens is 2. The molecule has 94 valence electrons. The molecule has 0 fully saturated rings. The van der Waals surface area contributed by atoms with Gasteiger partial charge in [-0.3, -0.25) is 0 Å². The van der Waals surface area contributed by atoms with E-state index in [9.17, 15) is 9.18 Å². The summed E-state index contributed by atoms with van der Waals surface area (Å²) in [5, 5.41) is 0.00108. The van der Waals surface area contributed by atoms with Gasteiger partial charge in [0.25, 0.3) is 0 Å². The Hall–Kier alpha value is -1.88. The van der Waals surface area contributed by atoms with Crippen LogP contribution in [0.3, 0.4) is 0 Å². The first kappa shape index (κ1) is 12.6. The molecule has 0 radical (unpaired) electrons. The molecule has 0 atom stereocenters. The van der Waals surface area contributed by atoms with E-state index in [1.807, 2.05) is 0 Å². The Kier molecular flexibility index (Phi) is 3.34. The van der Waals surface area contributed by atoms with Crippen LogP contribution in [0.4, 0.5) is 4.39 Å². The lowest BCUT2D eigenvalue weighted by molar-refractivity contribution is 0.0594. The molecule has 2 rings (SSSR count). The average molecular weight is 269 g/mol. The number of nitrogens with zero attached hydrogens (tertiary/aromatic N) is 1. The predicted octanol–water partition coefficient (Wildman–Crippen LogP) is 2.96. The zero-order chi connectivity index (χ0) is 13.3. The van der Waals surface area contributed by atoms with Crippen LogP contribution < -0.4 is 0 Å². The monoisotopic (exact) mass is 268 g/mol. The Bertz CT molecular complexity index is 610. The van der Waals surface area contributed by atoms with E-state index in [1.165, 1.54) is 19.2 Å². The quantitative estimate of drug-likeness (QED) is 0.852. The maximum atomic E-state index is 13.8. The van der Waals surface area contributed by atoms with Crippen LogP contribution in [-0.4, -0.2) is 23.0 Å². The van der Waals surface area contributed by atoms with Gasteiger partial charge in [0.15, 0.2) is 11.5 Å². The zero-order valence-corrected chi connectivity index (χ0v) is 10.5. The molecule has 0 amide bonds. The number of H-pyrrole nitrogens is 1. The second-order valence-electron chi connectivity index (χ2n) is 3.65. The smallest absolute Gasteiger partial charge is 0.358 e. The number of benzene rings is 1. The summed E-state index contributed by atoms with van der Waals surface area (Å²) >= 11 is 5.69. The average Bonchev–Trinajstić information content (AvgIpc) is 2.73. The molecule has 1 heterocycles. The van der Waals surface area contributed by atoms with Crippen LogP contribution in [0.2, 0.25) is 5.02 Å². The van der Waals surface area contributed by atoms with Crippen LogP contribution in [-0.2, 0) is 4.74 Å². The lowest BCUT2D eigenvalue weighted by atomic mass is 10.2. The number of rotatable bonds is 2. The van der Waals surface area contributed by atoms with Gasteiger partial charge in [0, 0.05) is 5.69 Å². The summed E-state index contributed by atoms with van der Waals surface area (Å²) in [5.41, 5.74) is 0.851. The molecule has 18 heavy (non-hydrogen) atoms. The van der Waals surface area contributed by atoms with E-state index >= 15 is 0 Å². The first-order valence-electron chi connectivity index (χ1n) is 5.14. The minimum absolute atomic E-state index is 0.00108. The molecule has 0 aliphatic carbocycles. The van der Waals surface area contributed by atoms with Crippen molar-refractivity contribution in [3.63, 3.8) is 0 Å². The Balaban J connectivity index is 2.53. The standard InChI is InChI=1S/C12H10ClFN2O2/c1-6-10(12(17)18-2)16-11(15-6)7-4-3-5-8(13)9(7)14/h3-5H,1-2H3,(H,15,16). The molecular weight excluding hydrogens is 259 g/mol. The normalized spacial score (nSPS) is 10.4. The Morgan fingerprint density at radius 3 is 2.89 bits per heavy atom. The third-order valence-corrected chi connectivity index (χ3v) is 2.76. The predicted molar refractivity (Wildman–Crippen MR) is 65.1 cm³/mol. The van der Waals surface area contributed by atoms with Crippen LogP contribution in [0.1, 0.15) is 16.2 Å². The number of halogens is 2. The van der Waals surface area contributed by atoms with Crippen LogP contribution in [0.5, 0.6) is 0 Å². The van der Waals surface area contributed by atoms with E-state index in [0.29, 0.717) is 5.69 Å². The second-order valence-corrected chi connectivity index (χ2v) is 4.06. The topological polar surface area (TPSA) is 55.0 Å². The molecule has 0 bridgehead atoms. The van der Waals surface area contributed by atoms with Crippen molar-refractivity contribution in [3.05, 3.63) is 40.4 Å². The molecule has 1 N–H and O–H groups in total. The number of methoxy groups -OCH3 is 1. The van der Waals surface area contributed by atoms with Crippen molar-refractivity contribution in [2.24, 2.45) is 0 Å². The SMILES string of the molecule is COC(=O)c1nc(-c2cccc(Cl)c2F)[nH]c1C. The number of carbonyl (C=O) groups excluding carboxylic acids is 1. The van der Waals surface area contributed by atoms with Crippen molar-refractivity contribution < 1.29 is 13.9 Å². The van der Waals surface area contributed by atoms with E-state index in [-0.39, 0.29) is 22.1 Å². The van der Waals surface area contributed by atoms with E-state index in [1.54, 1.807) is 13.0 Å². The van der Waals surface area contributed by atoms with Gasteiger partial charge in [0.1, 0.15) is 5.82 Å². The Labute approximate surface area is 108 Å². The summed E-state index contributed by atoms with van der Waals surface area (Å²) in [5.74, 6) is -0.908. The first-order chi connectivity index (χ1) is 8.54. The number of aryl methyl sites for hydroxylation is 1. The number of esters is 1. The summed E-state index contributed by atoms with van der Waals surface area (Å²) in [7, 11) is 1.26. The maximum absolute atomic E-state index is 13.8. The molecule has 0 unspecified atom stereocenters. The van der Waals surface area contributed by atoms with E-state index in [2.05, 4.69) is 14.7 Å². The molecule has 1 aromatic heterocycles. The van der Waals surface area contributed by atoms with Crippen LogP contribution in [0.15, 0.2) is 18.2 Å². The van der Waals surface area contributed by atoms with Crippen molar-refractivity contribution in [2.75, 3.05) is 7.11 Å². The molecule has 6 heteroatoms. The van der Waals surface area contributed by atoms with Gasteiger partial charge in [0.2, 0.25) is 0 Å². The summed E-state index contributed by atoms with van der Waals surface area (Å²) < 4.78 is 18.4. The number of hydrogen-bond donors (Lipinski definition) is 1. The molecule has 0 saturated carbocycles. The Morgan fingerprint density at radius 2 is 2.22 bits per heavy atom. The number of nitrogens with one attached hydrogen (secondary N) is 1. The van der Waals surface area contributed by atoms with Crippen LogP contribution in [0.25, 0.3) is 11.4 Å². The van der Waals surface area contributed by atoms with Crippen LogP contribution in [0, 0.1) is 12.7 Å². The van der Waals surface area contributed by atoms with E-state index < -0.39 is 11.8 Å².